The zero-order valence-corrected chi connectivity index (χ0v) is 12.6. The maximum atomic E-state index is 14.2. The van der Waals surface area contributed by atoms with Crippen LogP contribution in [0.5, 0.6) is 0 Å². The van der Waals surface area contributed by atoms with Crippen LogP contribution in [-0.4, -0.2) is 19.1 Å². The third-order valence-corrected chi connectivity index (χ3v) is 4.14. The van der Waals surface area contributed by atoms with Gasteiger partial charge < -0.3 is 10.2 Å². The van der Waals surface area contributed by atoms with Crippen LogP contribution in [-0.2, 0) is 0 Å². The van der Waals surface area contributed by atoms with Gasteiger partial charge in [0.2, 0.25) is 0 Å². The van der Waals surface area contributed by atoms with E-state index in [1.54, 1.807) is 12.1 Å². The van der Waals surface area contributed by atoms with Crippen LogP contribution in [0.4, 0.5) is 10.1 Å². The zero-order valence-electron chi connectivity index (χ0n) is 11.9. The van der Waals surface area contributed by atoms with Crippen LogP contribution in [0.3, 0.4) is 0 Å². The van der Waals surface area contributed by atoms with E-state index in [2.05, 4.69) is 29.3 Å². The van der Waals surface area contributed by atoms with E-state index in [1.807, 2.05) is 18.2 Å². The van der Waals surface area contributed by atoms with E-state index in [0.29, 0.717) is 16.8 Å². The molecular formula is C17H18ClFN2. The lowest BCUT2D eigenvalue weighted by Crippen LogP contribution is -2.51. The molecule has 4 heteroatoms. The first kappa shape index (κ1) is 14.4. The number of nitrogens with one attached hydrogen (secondary N) is 1. The maximum Gasteiger partial charge on any atom is 0.146 e. The number of hydrogen-bond acceptors (Lipinski definition) is 2. The molecule has 0 spiro atoms. The fraction of sp³-hybridized carbons (Fsp3) is 0.294. The van der Waals surface area contributed by atoms with E-state index in [9.17, 15) is 4.39 Å². The molecule has 0 bridgehead atoms. The van der Waals surface area contributed by atoms with E-state index in [0.717, 1.165) is 13.1 Å². The van der Waals surface area contributed by atoms with E-state index in [1.165, 1.54) is 11.6 Å². The molecule has 21 heavy (non-hydrogen) atoms. The van der Waals surface area contributed by atoms with Crippen LogP contribution < -0.4 is 10.2 Å². The standard InChI is InChI=1S/C17H18ClFN2/c1-12-11-21(16-9-14(18)7-8-15(16)19)17(10-20-12)13-5-3-2-4-6-13/h2-9,12,17,20H,10-11H2,1H3. The summed E-state index contributed by atoms with van der Waals surface area (Å²) in [5.41, 5.74) is 1.75. The van der Waals surface area contributed by atoms with Crippen molar-refractivity contribution in [1.29, 1.82) is 0 Å². The minimum absolute atomic E-state index is 0.107. The van der Waals surface area contributed by atoms with Crippen LogP contribution in [0, 0.1) is 5.82 Å². The van der Waals surface area contributed by atoms with E-state index in [4.69, 9.17) is 11.6 Å². The Morgan fingerprint density at radius 3 is 2.71 bits per heavy atom. The minimum Gasteiger partial charge on any atom is -0.359 e. The van der Waals surface area contributed by atoms with Crippen LogP contribution >= 0.6 is 11.6 Å². The second kappa shape index (κ2) is 6.04. The number of hydrogen-bond donors (Lipinski definition) is 1. The highest BCUT2D eigenvalue weighted by Crippen LogP contribution is 2.32. The van der Waals surface area contributed by atoms with E-state index < -0.39 is 0 Å². The molecule has 0 amide bonds. The predicted octanol–water partition coefficient (Wildman–Crippen LogP) is 4.02. The van der Waals surface area contributed by atoms with Gasteiger partial charge in [-0.25, -0.2) is 4.39 Å². The fourth-order valence-corrected chi connectivity index (χ4v) is 3.02. The number of piperazine rings is 1. The predicted molar refractivity (Wildman–Crippen MR) is 85.4 cm³/mol. The van der Waals surface area contributed by atoms with Crippen molar-refractivity contribution in [3.8, 4) is 0 Å². The van der Waals surface area contributed by atoms with Gasteiger partial charge in [0.05, 0.1) is 11.7 Å². The van der Waals surface area contributed by atoms with Crippen molar-refractivity contribution >= 4 is 17.3 Å². The van der Waals surface area contributed by atoms with Gasteiger partial charge in [0.15, 0.2) is 0 Å². The number of nitrogens with zero attached hydrogens (tertiary/aromatic N) is 1. The lowest BCUT2D eigenvalue weighted by atomic mass is 10.0. The van der Waals surface area contributed by atoms with Crippen LogP contribution in [0.2, 0.25) is 5.02 Å². The van der Waals surface area contributed by atoms with Gasteiger partial charge >= 0.3 is 0 Å². The van der Waals surface area contributed by atoms with Gasteiger partial charge in [0.1, 0.15) is 5.82 Å². The molecule has 2 unspecified atom stereocenters. The third-order valence-electron chi connectivity index (χ3n) is 3.91. The van der Waals surface area contributed by atoms with Crippen molar-refractivity contribution < 1.29 is 4.39 Å². The average Bonchev–Trinajstić information content (AvgIpc) is 2.50. The Bertz CT molecular complexity index is 617. The van der Waals surface area contributed by atoms with Gasteiger partial charge in [-0.3, -0.25) is 0 Å². The molecule has 0 saturated carbocycles. The lowest BCUT2D eigenvalue weighted by Gasteiger charge is -2.41. The Hall–Kier alpha value is -1.58. The van der Waals surface area contributed by atoms with Crippen molar-refractivity contribution in [2.75, 3.05) is 18.0 Å². The van der Waals surface area contributed by atoms with Gasteiger partial charge in [-0.2, -0.15) is 0 Å². The molecule has 1 N–H and O–H groups in total. The molecule has 2 aromatic rings. The first-order valence-corrected chi connectivity index (χ1v) is 7.53. The highest BCUT2D eigenvalue weighted by molar-refractivity contribution is 6.30. The quantitative estimate of drug-likeness (QED) is 0.901. The molecule has 3 rings (SSSR count). The molecule has 0 radical (unpaired) electrons. The first-order chi connectivity index (χ1) is 10.1. The average molecular weight is 305 g/mol. The van der Waals surface area contributed by atoms with Crippen molar-refractivity contribution in [3.05, 3.63) is 64.9 Å². The molecule has 2 nitrogen and oxygen atoms in total. The molecule has 0 aromatic heterocycles. The summed E-state index contributed by atoms with van der Waals surface area (Å²) in [5, 5.41) is 4.03. The lowest BCUT2D eigenvalue weighted by molar-refractivity contribution is 0.412. The van der Waals surface area contributed by atoms with E-state index in [-0.39, 0.29) is 11.9 Å². The molecule has 1 aliphatic heterocycles. The zero-order chi connectivity index (χ0) is 14.8. The highest BCUT2D eigenvalue weighted by Gasteiger charge is 2.28. The topological polar surface area (TPSA) is 15.3 Å². The Morgan fingerprint density at radius 1 is 1.19 bits per heavy atom. The molecule has 110 valence electrons. The molecular weight excluding hydrogens is 287 g/mol. The summed E-state index contributed by atoms with van der Waals surface area (Å²) < 4.78 is 14.2. The Labute approximate surface area is 129 Å². The van der Waals surface area contributed by atoms with Crippen LogP contribution in [0.1, 0.15) is 18.5 Å². The Kier molecular flexibility index (Phi) is 4.13. The molecule has 0 aliphatic carbocycles. The summed E-state index contributed by atoms with van der Waals surface area (Å²) in [6.07, 6.45) is 0. The molecule has 1 saturated heterocycles. The summed E-state index contributed by atoms with van der Waals surface area (Å²) >= 11 is 6.06. The monoisotopic (exact) mass is 304 g/mol. The molecule has 1 aliphatic rings. The van der Waals surface area contributed by atoms with E-state index >= 15 is 0 Å². The molecule has 1 heterocycles. The van der Waals surface area contributed by atoms with Gasteiger partial charge in [-0.1, -0.05) is 41.9 Å². The van der Waals surface area contributed by atoms with Crippen molar-refractivity contribution in [1.82, 2.24) is 5.32 Å². The summed E-state index contributed by atoms with van der Waals surface area (Å²) in [6, 6.07) is 15.3. The fourth-order valence-electron chi connectivity index (χ4n) is 2.85. The summed E-state index contributed by atoms with van der Waals surface area (Å²) in [4.78, 5) is 2.11. The summed E-state index contributed by atoms with van der Waals surface area (Å²) in [6.45, 7) is 3.64. The minimum atomic E-state index is -0.227. The smallest absolute Gasteiger partial charge is 0.146 e. The molecule has 2 atom stereocenters. The number of rotatable bonds is 2. The van der Waals surface area contributed by atoms with Crippen molar-refractivity contribution in [2.24, 2.45) is 0 Å². The van der Waals surface area contributed by atoms with Crippen LogP contribution in [0.25, 0.3) is 0 Å². The number of anilines is 1. The maximum absolute atomic E-state index is 14.2. The molecule has 1 fully saturated rings. The summed E-state index contributed by atoms with van der Waals surface area (Å²) in [7, 11) is 0. The number of benzene rings is 2. The summed E-state index contributed by atoms with van der Waals surface area (Å²) in [5.74, 6) is -0.227. The highest BCUT2D eigenvalue weighted by atomic mass is 35.5. The normalized spacial score (nSPS) is 22.3. The van der Waals surface area contributed by atoms with Gasteiger partial charge in [-0.15, -0.1) is 0 Å². The van der Waals surface area contributed by atoms with Gasteiger partial charge in [0.25, 0.3) is 0 Å². The van der Waals surface area contributed by atoms with Gasteiger partial charge in [0, 0.05) is 24.2 Å². The van der Waals surface area contributed by atoms with Gasteiger partial charge in [-0.05, 0) is 30.7 Å². The third kappa shape index (κ3) is 3.04. The largest absolute Gasteiger partial charge is 0.359 e. The molecule has 2 aromatic carbocycles. The number of halogens is 2. The Balaban J connectivity index is 2.00. The second-order valence-electron chi connectivity index (χ2n) is 5.48. The first-order valence-electron chi connectivity index (χ1n) is 7.15. The SMILES string of the molecule is CC1CN(c2cc(Cl)ccc2F)C(c2ccccc2)CN1. The van der Waals surface area contributed by atoms with Crippen molar-refractivity contribution in [3.63, 3.8) is 0 Å². The Morgan fingerprint density at radius 2 is 1.95 bits per heavy atom. The van der Waals surface area contributed by atoms with Crippen molar-refractivity contribution in [2.45, 2.75) is 19.0 Å². The second-order valence-corrected chi connectivity index (χ2v) is 5.92. The van der Waals surface area contributed by atoms with Crippen LogP contribution in [0.15, 0.2) is 48.5 Å².